The molecule has 0 N–H and O–H groups in total. The Bertz CT molecular complexity index is 499. The molecule has 17 heavy (non-hydrogen) atoms. The van der Waals surface area contributed by atoms with Crippen LogP contribution in [0.1, 0.15) is 26.7 Å². The van der Waals surface area contributed by atoms with Gasteiger partial charge in [-0.1, -0.05) is 43.9 Å². The summed E-state index contributed by atoms with van der Waals surface area (Å²) in [6.07, 6.45) is 6.84. The van der Waals surface area contributed by atoms with Crippen LogP contribution in [-0.4, -0.2) is 6.71 Å². The standard InChI is InChI=1S/C15H17BO/c1-11(2)16-12-7-3-5-9-14(12)17-15-10-6-4-8-13(15)16/h3,5,7-11H,4,6H2,1-2H3. The fourth-order valence-electron chi connectivity index (χ4n) is 2.89. The zero-order chi connectivity index (χ0) is 11.8. The van der Waals surface area contributed by atoms with Crippen molar-refractivity contribution in [3.63, 3.8) is 0 Å². The summed E-state index contributed by atoms with van der Waals surface area (Å²) in [5.41, 5.74) is 2.73. The quantitative estimate of drug-likeness (QED) is 0.665. The van der Waals surface area contributed by atoms with Crippen molar-refractivity contribution in [3.8, 4) is 5.75 Å². The molecule has 0 saturated carbocycles. The molecule has 0 atom stereocenters. The first kappa shape index (κ1) is 10.7. The second-order valence-corrected chi connectivity index (χ2v) is 5.17. The summed E-state index contributed by atoms with van der Waals surface area (Å²) >= 11 is 0. The Morgan fingerprint density at radius 3 is 2.71 bits per heavy atom. The molecular formula is C15H17BO. The largest absolute Gasteiger partial charge is 0.459 e. The van der Waals surface area contributed by atoms with Crippen molar-refractivity contribution in [2.75, 3.05) is 0 Å². The molecule has 3 rings (SSSR count). The van der Waals surface area contributed by atoms with Crippen LogP contribution in [0.4, 0.5) is 0 Å². The Morgan fingerprint density at radius 2 is 1.88 bits per heavy atom. The van der Waals surface area contributed by atoms with Gasteiger partial charge >= 0.3 is 0 Å². The monoisotopic (exact) mass is 224 g/mol. The molecule has 86 valence electrons. The zero-order valence-corrected chi connectivity index (χ0v) is 10.4. The molecule has 1 aliphatic heterocycles. The number of para-hydroxylation sites is 1. The molecule has 1 aromatic rings. The van der Waals surface area contributed by atoms with Gasteiger partial charge in [0, 0.05) is 0 Å². The minimum atomic E-state index is 0.492. The van der Waals surface area contributed by atoms with E-state index in [2.05, 4.69) is 44.2 Å². The average molecular weight is 224 g/mol. The third-order valence-electron chi connectivity index (χ3n) is 3.62. The molecule has 1 aliphatic carbocycles. The molecule has 0 radical (unpaired) electrons. The van der Waals surface area contributed by atoms with Crippen molar-refractivity contribution in [3.05, 3.63) is 47.6 Å². The van der Waals surface area contributed by atoms with E-state index in [9.17, 15) is 0 Å². The van der Waals surface area contributed by atoms with Gasteiger partial charge in [0.25, 0.3) is 0 Å². The van der Waals surface area contributed by atoms with Gasteiger partial charge in [-0.25, -0.2) is 0 Å². The summed E-state index contributed by atoms with van der Waals surface area (Å²) in [7, 11) is 0. The van der Waals surface area contributed by atoms with Gasteiger partial charge in [-0.3, -0.25) is 0 Å². The first-order valence-electron chi connectivity index (χ1n) is 6.44. The Kier molecular flexibility index (Phi) is 2.58. The van der Waals surface area contributed by atoms with Crippen molar-refractivity contribution >= 4 is 12.2 Å². The van der Waals surface area contributed by atoms with Crippen molar-refractivity contribution in [2.24, 2.45) is 0 Å². The Hall–Kier alpha value is -1.44. The average Bonchev–Trinajstić information content (AvgIpc) is 2.35. The maximum Gasteiger partial charge on any atom is 0.221 e. The lowest BCUT2D eigenvalue weighted by Crippen LogP contribution is -2.42. The maximum atomic E-state index is 6.01. The predicted octanol–water partition coefficient (Wildman–Crippen LogP) is 3.33. The van der Waals surface area contributed by atoms with Crippen LogP contribution >= 0.6 is 0 Å². The highest BCUT2D eigenvalue weighted by atomic mass is 16.5. The molecule has 0 saturated heterocycles. The third-order valence-corrected chi connectivity index (χ3v) is 3.62. The number of benzene rings is 1. The van der Waals surface area contributed by atoms with E-state index in [1.165, 1.54) is 10.9 Å². The van der Waals surface area contributed by atoms with Gasteiger partial charge in [-0.2, -0.15) is 0 Å². The first-order chi connectivity index (χ1) is 8.27. The molecule has 1 nitrogen and oxygen atoms in total. The van der Waals surface area contributed by atoms with Crippen LogP contribution < -0.4 is 10.2 Å². The molecule has 0 amide bonds. The van der Waals surface area contributed by atoms with E-state index in [1.54, 1.807) is 0 Å². The molecule has 1 heterocycles. The molecule has 2 heteroatoms. The van der Waals surface area contributed by atoms with Crippen molar-refractivity contribution in [1.29, 1.82) is 0 Å². The second-order valence-electron chi connectivity index (χ2n) is 5.17. The van der Waals surface area contributed by atoms with Gasteiger partial charge in [0.15, 0.2) is 0 Å². The predicted molar refractivity (Wildman–Crippen MR) is 73.0 cm³/mol. The summed E-state index contributed by atoms with van der Waals surface area (Å²) in [6, 6.07) is 8.44. The first-order valence-corrected chi connectivity index (χ1v) is 6.44. The van der Waals surface area contributed by atoms with Crippen LogP contribution in [0.25, 0.3) is 0 Å². The molecule has 0 fully saturated rings. The fourth-order valence-corrected chi connectivity index (χ4v) is 2.89. The lowest BCUT2D eigenvalue weighted by molar-refractivity contribution is 0.434. The van der Waals surface area contributed by atoms with E-state index in [0.717, 1.165) is 24.4 Å². The summed E-state index contributed by atoms with van der Waals surface area (Å²) < 4.78 is 6.01. The number of hydrogen-bond donors (Lipinski definition) is 0. The van der Waals surface area contributed by atoms with Crippen molar-refractivity contribution in [1.82, 2.24) is 0 Å². The second kappa shape index (κ2) is 4.10. The van der Waals surface area contributed by atoms with E-state index in [-0.39, 0.29) is 0 Å². The summed E-state index contributed by atoms with van der Waals surface area (Å²) in [5, 5.41) is 0. The molecule has 0 bridgehead atoms. The number of ether oxygens (including phenoxy) is 1. The lowest BCUT2D eigenvalue weighted by atomic mass is 9.32. The molecule has 0 aromatic heterocycles. The van der Waals surface area contributed by atoms with E-state index in [4.69, 9.17) is 4.74 Å². The van der Waals surface area contributed by atoms with Gasteiger partial charge < -0.3 is 4.74 Å². The van der Waals surface area contributed by atoms with Gasteiger partial charge in [0.1, 0.15) is 11.5 Å². The van der Waals surface area contributed by atoms with Crippen molar-refractivity contribution < 1.29 is 4.74 Å². The number of allylic oxidation sites excluding steroid dienone is 3. The highest BCUT2D eigenvalue weighted by Gasteiger charge is 2.35. The highest BCUT2D eigenvalue weighted by Crippen LogP contribution is 2.33. The summed E-state index contributed by atoms with van der Waals surface area (Å²) in [6.45, 7) is 5.08. The smallest absolute Gasteiger partial charge is 0.221 e. The van der Waals surface area contributed by atoms with Crippen LogP contribution in [0.15, 0.2) is 47.6 Å². The number of fused-ring (bicyclic) bond motifs is 2. The molecule has 0 spiro atoms. The minimum absolute atomic E-state index is 0.492. The molecular weight excluding hydrogens is 207 g/mol. The van der Waals surface area contributed by atoms with E-state index < -0.39 is 0 Å². The lowest BCUT2D eigenvalue weighted by Gasteiger charge is -2.32. The van der Waals surface area contributed by atoms with Gasteiger partial charge in [0.2, 0.25) is 6.71 Å². The van der Waals surface area contributed by atoms with Gasteiger partial charge in [-0.15, -0.1) is 0 Å². The Labute approximate surface area is 103 Å². The Balaban J connectivity index is 2.16. The maximum absolute atomic E-state index is 6.01. The van der Waals surface area contributed by atoms with Crippen LogP contribution in [0.2, 0.25) is 5.82 Å². The zero-order valence-electron chi connectivity index (χ0n) is 10.4. The topological polar surface area (TPSA) is 9.23 Å². The van der Waals surface area contributed by atoms with Gasteiger partial charge in [0.05, 0.1) is 0 Å². The van der Waals surface area contributed by atoms with Crippen LogP contribution in [0, 0.1) is 0 Å². The SMILES string of the molecule is CC(C)B1C2=CCCC=C2Oc2ccccc21. The fraction of sp³-hybridized carbons (Fsp3) is 0.333. The van der Waals surface area contributed by atoms with Crippen molar-refractivity contribution in [2.45, 2.75) is 32.5 Å². The van der Waals surface area contributed by atoms with Crippen LogP contribution in [-0.2, 0) is 0 Å². The van der Waals surface area contributed by atoms with Crippen LogP contribution in [0.5, 0.6) is 5.75 Å². The van der Waals surface area contributed by atoms with E-state index in [0.29, 0.717) is 12.5 Å². The third kappa shape index (κ3) is 1.72. The van der Waals surface area contributed by atoms with E-state index in [1.807, 2.05) is 6.07 Å². The van der Waals surface area contributed by atoms with Gasteiger partial charge in [-0.05, 0) is 35.9 Å². The summed E-state index contributed by atoms with van der Waals surface area (Å²) in [4.78, 5) is 0. The summed E-state index contributed by atoms with van der Waals surface area (Å²) in [5.74, 6) is 2.73. The van der Waals surface area contributed by atoms with Crippen LogP contribution in [0.3, 0.4) is 0 Å². The van der Waals surface area contributed by atoms with E-state index >= 15 is 0 Å². The molecule has 0 unspecified atom stereocenters. The number of hydrogen-bond acceptors (Lipinski definition) is 1. The molecule has 2 aliphatic rings. The highest BCUT2D eigenvalue weighted by molar-refractivity contribution is 6.82. The number of rotatable bonds is 1. The minimum Gasteiger partial charge on any atom is -0.459 e. The Morgan fingerprint density at radius 1 is 1.12 bits per heavy atom. The normalized spacial score (nSPS) is 17.9. The molecule has 1 aromatic carbocycles.